The molecule has 0 aromatic heterocycles. The Morgan fingerprint density at radius 2 is 1.94 bits per heavy atom. The van der Waals surface area contributed by atoms with Gasteiger partial charge in [0.25, 0.3) is 0 Å². The molecule has 100 valence electrons. The highest BCUT2D eigenvalue weighted by molar-refractivity contribution is 6.36. The quantitative estimate of drug-likeness (QED) is 0.683. The summed E-state index contributed by atoms with van der Waals surface area (Å²) >= 11 is 11.8. The number of rotatable bonds is 4. The molecule has 0 aliphatic heterocycles. The third kappa shape index (κ3) is 4.34. The smallest absolute Gasteiger partial charge is 0.319 e. The van der Waals surface area contributed by atoms with Gasteiger partial charge in [0.2, 0.25) is 0 Å². The molecule has 2 amide bonds. The topological polar surface area (TPSA) is 81.6 Å². The molecule has 0 bridgehead atoms. The molecule has 0 saturated heterocycles. The van der Waals surface area contributed by atoms with Gasteiger partial charge in [-0.25, -0.2) is 4.79 Å². The SMILES string of the molecule is Cc1c(Cl)cc(NC(=O)NCC(O)CO)cc1Cl. The molecule has 0 fully saturated rings. The lowest BCUT2D eigenvalue weighted by atomic mass is 10.2. The molecule has 1 unspecified atom stereocenters. The third-order valence-corrected chi connectivity index (χ3v) is 3.03. The number of urea groups is 1. The van der Waals surface area contributed by atoms with Crippen LogP contribution in [0.3, 0.4) is 0 Å². The maximum atomic E-state index is 11.4. The number of halogens is 2. The molecular formula is C11H14Cl2N2O3. The Kier molecular flexibility index (Phi) is 5.68. The van der Waals surface area contributed by atoms with E-state index in [0.717, 1.165) is 5.56 Å². The second-order valence-electron chi connectivity index (χ2n) is 3.74. The molecule has 4 N–H and O–H groups in total. The molecule has 0 heterocycles. The molecule has 0 spiro atoms. The fourth-order valence-corrected chi connectivity index (χ4v) is 1.65. The van der Waals surface area contributed by atoms with Crippen LogP contribution in [0.2, 0.25) is 10.0 Å². The van der Waals surface area contributed by atoms with Crippen LogP contribution in [0.15, 0.2) is 12.1 Å². The van der Waals surface area contributed by atoms with Crippen LogP contribution in [0.5, 0.6) is 0 Å². The van der Waals surface area contributed by atoms with Crippen LogP contribution < -0.4 is 10.6 Å². The van der Waals surface area contributed by atoms with E-state index in [1.54, 1.807) is 19.1 Å². The molecule has 5 nitrogen and oxygen atoms in total. The first-order valence-corrected chi connectivity index (χ1v) is 5.99. The van der Waals surface area contributed by atoms with Crippen LogP contribution in [-0.2, 0) is 0 Å². The van der Waals surface area contributed by atoms with Crippen molar-refractivity contribution in [2.75, 3.05) is 18.5 Å². The number of aliphatic hydroxyl groups excluding tert-OH is 2. The normalized spacial score (nSPS) is 12.1. The highest BCUT2D eigenvalue weighted by Crippen LogP contribution is 2.27. The van der Waals surface area contributed by atoms with Crippen molar-refractivity contribution in [3.63, 3.8) is 0 Å². The van der Waals surface area contributed by atoms with Gasteiger partial charge in [-0.2, -0.15) is 0 Å². The Morgan fingerprint density at radius 1 is 1.39 bits per heavy atom. The van der Waals surface area contributed by atoms with Gasteiger partial charge in [-0.15, -0.1) is 0 Å². The maximum Gasteiger partial charge on any atom is 0.319 e. The highest BCUT2D eigenvalue weighted by Gasteiger charge is 2.08. The predicted octanol–water partition coefficient (Wildman–Crippen LogP) is 1.78. The van der Waals surface area contributed by atoms with Gasteiger partial charge in [0.1, 0.15) is 0 Å². The summed E-state index contributed by atoms with van der Waals surface area (Å²) in [5.41, 5.74) is 1.19. The minimum Gasteiger partial charge on any atom is -0.394 e. The lowest BCUT2D eigenvalue weighted by molar-refractivity contribution is 0.0965. The van der Waals surface area contributed by atoms with Crippen LogP contribution in [0.1, 0.15) is 5.56 Å². The zero-order valence-electron chi connectivity index (χ0n) is 9.70. The number of anilines is 1. The van der Waals surface area contributed by atoms with Gasteiger partial charge < -0.3 is 20.8 Å². The first kappa shape index (κ1) is 15.0. The lowest BCUT2D eigenvalue weighted by Gasteiger charge is -2.11. The van der Waals surface area contributed by atoms with Gasteiger partial charge >= 0.3 is 6.03 Å². The largest absolute Gasteiger partial charge is 0.394 e. The summed E-state index contributed by atoms with van der Waals surface area (Å²) in [4.78, 5) is 11.4. The minimum atomic E-state index is -0.985. The summed E-state index contributed by atoms with van der Waals surface area (Å²) in [6.45, 7) is 1.31. The van der Waals surface area contributed by atoms with E-state index in [1.165, 1.54) is 0 Å². The van der Waals surface area contributed by atoms with Crippen LogP contribution in [0.25, 0.3) is 0 Å². The van der Waals surface area contributed by atoms with Gasteiger partial charge in [0.15, 0.2) is 0 Å². The molecule has 0 aliphatic rings. The number of benzene rings is 1. The summed E-state index contributed by atoms with van der Waals surface area (Å²) in [5.74, 6) is 0. The number of aliphatic hydroxyl groups is 2. The fraction of sp³-hybridized carbons (Fsp3) is 0.364. The van der Waals surface area contributed by atoms with Gasteiger partial charge in [-0.1, -0.05) is 23.2 Å². The van der Waals surface area contributed by atoms with Gasteiger partial charge in [-0.3, -0.25) is 0 Å². The molecule has 1 atom stereocenters. The third-order valence-electron chi connectivity index (χ3n) is 2.25. The van der Waals surface area contributed by atoms with E-state index < -0.39 is 18.7 Å². The van der Waals surface area contributed by atoms with E-state index in [9.17, 15) is 4.79 Å². The maximum absolute atomic E-state index is 11.4. The lowest BCUT2D eigenvalue weighted by Crippen LogP contribution is -2.36. The Bertz CT molecular complexity index is 417. The van der Waals surface area contributed by atoms with Gasteiger partial charge in [-0.05, 0) is 24.6 Å². The second-order valence-corrected chi connectivity index (χ2v) is 4.55. The summed E-state index contributed by atoms with van der Waals surface area (Å²) in [5, 5.41) is 23.5. The van der Waals surface area contributed by atoms with E-state index in [-0.39, 0.29) is 6.54 Å². The molecule has 1 aromatic rings. The fourth-order valence-electron chi connectivity index (χ4n) is 1.17. The van der Waals surface area contributed by atoms with Crippen molar-refractivity contribution in [2.24, 2.45) is 0 Å². The molecular weight excluding hydrogens is 279 g/mol. The van der Waals surface area contributed by atoms with E-state index in [1.807, 2.05) is 0 Å². The van der Waals surface area contributed by atoms with E-state index >= 15 is 0 Å². The van der Waals surface area contributed by atoms with Crippen molar-refractivity contribution in [3.05, 3.63) is 27.7 Å². The van der Waals surface area contributed by atoms with Crippen molar-refractivity contribution in [1.29, 1.82) is 0 Å². The predicted molar refractivity (Wildman–Crippen MR) is 71.3 cm³/mol. The Balaban J connectivity index is 2.60. The summed E-state index contributed by atoms with van der Waals surface area (Å²) < 4.78 is 0. The summed E-state index contributed by atoms with van der Waals surface area (Å²) in [6, 6.07) is 2.63. The van der Waals surface area contributed by atoms with Crippen LogP contribution in [0.4, 0.5) is 10.5 Å². The number of amides is 2. The second kappa shape index (κ2) is 6.80. The average molecular weight is 293 g/mol. The van der Waals surface area contributed by atoms with Crippen molar-refractivity contribution in [3.8, 4) is 0 Å². The van der Waals surface area contributed by atoms with Gasteiger partial charge in [0, 0.05) is 22.3 Å². The standard InChI is InChI=1S/C11H14Cl2N2O3/c1-6-9(12)2-7(3-10(6)13)15-11(18)14-4-8(17)5-16/h2-3,8,16-17H,4-5H2,1H3,(H2,14,15,18). The van der Waals surface area contributed by atoms with Crippen LogP contribution >= 0.6 is 23.2 Å². The highest BCUT2D eigenvalue weighted by atomic mass is 35.5. The first-order valence-electron chi connectivity index (χ1n) is 5.23. The van der Waals surface area contributed by atoms with E-state index in [2.05, 4.69) is 10.6 Å². The van der Waals surface area contributed by atoms with Crippen LogP contribution in [-0.4, -0.2) is 35.5 Å². The molecule has 0 aliphatic carbocycles. The summed E-state index contributed by atoms with van der Waals surface area (Å²) in [6.07, 6.45) is -0.985. The molecule has 0 saturated carbocycles. The zero-order chi connectivity index (χ0) is 13.7. The number of hydrogen-bond donors (Lipinski definition) is 4. The number of carbonyl (C=O) groups excluding carboxylic acids is 1. The van der Waals surface area contributed by atoms with E-state index in [4.69, 9.17) is 33.4 Å². The van der Waals surface area contributed by atoms with E-state index in [0.29, 0.717) is 15.7 Å². The summed E-state index contributed by atoms with van der Waals surface area (Å²) in [7, 11) is 0. The van der Waals surface area contributed by atoms with Crippen molar-refractivity contribution in [2.45, 2.75) is 13.0 Å². The average Bonchev–Trinajstić information content (AvgIpc) is 2.32. The number of nitrogens with one attached hydrogen (secondary N) is 2. The molecule has 7 heteroatoms. The molecule has 1 rings (SSSR count). The minimum absolute atomic E-state index is 0.0460. The Hall–Kier alpha value is -1.01. The number of carbonyl (C=O) groups is 1. The number of hydrogen-bond acceptors (Lipinski definition) is 3. The monoisotopic (exact) mass is 292 g/mol. The molecule has 1 aromatic carbocycles. The Labute approximate surface area is 115 Å². The molecule has 0 radical (unpaired) electrons. The first-order chi connectivity index (χ1) is 8.43. The molecule has 18 heavy (non-hydrogen) atoms. The van der Waals surface area contributed by atoms with Gasteiger partial charge in [0.05, 0.1) is 12.7 Å². The van der Waals surface area contributed by atoms with Crippen molar-refractivity contribution >= 4 is 34.9 Å². The zero-order valence-corrected chi connectivity index (χ0v) is 11.2. The van der Waals surface area contributed by atoms with Crippen LogP contribution in [0, 0.1) is 6.92 Å². The van der Waals surface area contributed by atoms with Crippen molar-refractivity contribution < 1.29 is 15.0 Å². The van der Waals surface area contributed by atoms with Crippen molar-refractivity contribution in [1.82, 2.24) is 5.32 Å². The Morgan fingerprint density at radius 3 is 2.44 bits per heavy atom.